The van der Waals surface area contributed by atoms with Crippen LogP contribution in [0.3, 0.4) is 0 Å². The molecule has 0 radical (unpaired) electrons. The highest BCUT2D eigenvalue weighted by molar-refractivity contribution is 5.99. The Morgan fingerprint density at radius 2 is 1.91 bits per heavy atom. The number of carbonyl (C=O) groups excluding carboxylic acids is 1. The second-order valence-electron chi connectivity index (χ2n) is 6.41. The maximum absolute atomic E-state index is 12.5. The molecule has 1 atom stereocenters. The molecule has 2 aromatic carbocycles. The quantitative estimate of drug-likeness (QED) is 0.682. The molecule has 1 spiro atoms. The molecular weight excluding hydrogens is 292 g/mol. The number of rotatable bonds is 2. The number of fused-ring (bicyclic) bond motifs is 2. The molecule has 1 heterocycles. The highest BCUT2D eigenvalue weighted by Crippen LogP contribution is 2.59. The Morgan fingerprint density at radius 3 is 2.52 bits per heavy atom. The molecule has 0 aromatic heterocycles. The minimum absolute atomic E-state index is 0.0940. The molecule has 1 unspecified atom stereocenters. The van der Waals surface area contributed by atoms with Gasteiger partial charge in [-0.25, -0.2) is 0 Å². The molecule has 5 heteroatoms. The van der Waals surface area contributed by atoms with Crippen molar-refractivity contribution in [1.29, 1.82) is 0 Å². The smallest absolute Gasteiger partial charge is 0.272 e. The van der Waals surface area contributed by atoms with E-state index >= 15 is 0 Å². The van der Waals surface area contributed by atoms with Gasteiger partial charge in [0.15, 0.2) is 0 Å². The van der Waals surface area contributed by atoms with Crippen molar-refractivity contribution < 1.29 is 9.72 Å². The van der Waals surface area contributed by atoms with E-state index in [2.05, 4.69) is 5.32 Å². The summed E-state index contributed by atoms with van der Waals surface area (Å²) >= 11 is 0. The normalized spacial score (nSPS) is 20.7. The number of nitrogens with zero attached hydrogens (tertiary/aromatic N) is 1. The second-order valence-corrected chi connectivity index (χ2v) is 6.41. The number of nitro groups is 1. The summed E-state index contributed by atoms with van der Waals surface area (Å²) in [6.45, 7) is 1.68. The van der Waals surface area contributed by atoms with Crippen LogP contribution in [-0.2, 0) is 5.41 Å². The van der Waals surface area contributed by atoms with Gasteiger partial charge in [-0.15, -0.1) is 0 Å². The number of amides is 1. The summed E-state index contributed by atoms with van der Waals surface area (Å²) in [7, 11) is 0. The van der Waals surface area contributed by atoms with Crippen LogP contribution < -0.4 is 5.32 Å². The molecule has 116 valence electrons. The van der Waals surface area contributed by atoms with Crippen LogP contribution in [0.1, 0.15) is 45.9 Å². The van der Waals surface area contributed by atoms with Crippen molar-refractivity contribution >= 4 is 11.6 Å². The number of carbonyl (C=O) groups is 1. The molecule has 1 aliphatic carbocycles. The first-order chi connectivity index (χ1) is 11.0. The van der Waals surface area contributed by atoms with Gasteiger partial charge in [0.2, 0.25) is 0 Å². The number of aryl methyl sites for hydroxylation is 1. The van der Waals surface area contributed by atoms with E-state index in [4.69, 9.17) is 0 Å². The minimum Gasteiger partial charge on any atom is -0.344 e. The Labute approximate surface area is 133 Å². The van der Waals surface area contributed by atoms with Crippen molar-refractivity contribution in [3.8, 4) is 0 Å². The van der Waals surface area contributed by atoms with Gasteiger partial charge < -0.3 is 5.32 Å². The standard InChI is InChI=1S/C18H16N2O3/c1-11-9-13-14(10-15(11)20(22)23)18(7-8-18)16(19-17(13)21)12-5-3-2-4-6-12/h2-6,9-10,16H,7-8H2,1H3,(H,19,21). The maximum Gasteiger partial charge on any atom is 0.272 e. The SMILES string of the molecule is Cc1cc2c(cc1[N+](=O)[O-])C1(CC1)C(c1ccccc1)NC2=O. The molecule has 1 fully saturated rings. The van der Waals surface area contributed by atoms with Crippen LogP contribution in [0, 0.1) is 17.0 Å². The van der Waals surface area contributed by atoms with Crippen molar-refractivity contribution in [1.82, 2.24) is 5.32 Å². The van der Waals surface area contributed by atoms with Crippen LogP contribution in [0.2, 0.25) is 0 Å². The number of nitrogens with one attached hydrogen (secondary N) is 1. The van der Waals surface area contributed by atoms with Gasteiger partial charge in [-0.05, 0) is 37.0 Å². The van der Waals surface area contributed by atoms with Gasteiger partial charge in [0.1, 0.15) is 0 Å². The average molecular weight is 308 g/mol. The fraction of sp³-hybridized carbons (Fsp3) is 0.278. The van der Waals surface area contributed by atoms with Crippen LogP contribution in [0.15, 0.2) is 42.5 Å². The van der Waals surface area contributed by atoms with Crippen LogP contribution >= 0.6 is 0 Å². The summed E-state index contributed by atoms with van der Waals surface area (Å²) in [6, 6.07) is 13.0. The lowest BCUT2D eigenvalue weighted by Crippen LogP contribution is -2.42. The number of hydrogen-bond acceptors (Lipinski definition) is 3. The topological polar surface area (TPSA) is 72.2 Å². The Bertz CT molecular complexity index is 826. The zero-order chi connectivity index (χ0) is 16.2. The third-order valence-electron chi connectivity index (χ3n) is 5.06. The van der Waals surface area contributed by atoms with E-state index in [1.54, 1.807) is 19.1 Å². The monoisotopic (exact) mass is 308 g/mol. The average Bonchev–Trinajstić information content (AvgIpc) is 3.32. The van der Waals surface area contributed by atoms with Crippen LogP contribution in [0.5, 0.6) is 0 Å². The number of hydrogen-bond donors (Lipinski definition) is 1. The highest BCUT2D eigenvalue weighted by atomic mass is 16.6. The lowest BCUT2D eigenvalue weighted by atomic mass is 9.77. The molecule has 4 rings (SSSR count). The summed E-state index contributed by atoms with van der Waals surface area (Å²) in [4.78, 5) is 23.4. The first-order valence-corrected chi connectivity index (χ1v) is 7.68. The largest absolute Gasteiger partial charge is 0.344 e. The number of benzene rings is 2. The van der Waals surface area contributed by atoms with Crippen LogP contribution in [-0.4, -0.2) is 10.8 Å². The Kier molecular flexibility index (Phi) is 2.82. The molecule has 1 aliphatic heterocycles. The van der Waals surface area contributed by atoms with Gasteiger partial charge in [0, 0.05) is 22.6 Å². The van der Waals surface area contributed by atoms with Crippen LogP contribution in [0.4, 0.5) is 5.69 Å². The third kappa shape index (κ3) is 1.96. The van der Waals surface area contributed by atoms with Gasteiger partial charge in [0.05, 0.1) is 11.0 Å². The first kappa shape index (κ1) is 13.9. The molecule has 2 aliphatic rings. The summed E-state index contributed by atoms with van der Waals surface area (Å²) in [5.41, 5.74) is 2.87. The van der Waals surface area contributed by atoms with Gasteiger partial charge in [-0.2, -0.15) is 0 Å². The highest BCUT2D eigenvalue weighted by Gasteiger charge is 2.56. The predicted molar refractivity (Wildman–Crippen MR) is 85.4 cm³/mol. The van der Waals surface area contributed by atoms with Gasteiger partial charge in [-0.1, -0.05) is 30.3 Å². The third-order valence-corrected chi connectivity index (χ3v) is 5.06. The van der Waals surface area contributed by atoms with Gasteiger partial charge in [-0.3, -0.25) is 14.9 Å². The fourth-order valence-corrected chi connectivity index (χ4v) is 3.74. The molecule has 5 nitrogen and oxygen atoms in total. The minimum atomic E-state index is -0.365. The van der Waals surface area contributed by atoms with Crippen molar-refractivity contribution in [2.45, 2.75) is 31.2 Å². The predicted octanol–water partition coefficient (Wildman–Crippen LogP) is 3.42. The van der Waals surface area contributed by atoms with E-state index in [1.165, 1.54) is 0 Å². The number of nitro benzene ring substituents is 1. The van der Waals surface area contributed by atoms with Gasteiger partial charge in [0.25, 0.3) is 11.6 Å². The van der Waals surface area contributed by atoms with E-state index in [0.717, 1.165) is 24.0 Å². The molecular formula is C18H16N2O3. The maximum atomic E-state index is 12.5. The zero-order valence-corrected chi connectivity index (χ0v) is 12.7. The van der Waals surface area contributed by atoms with Gasteiger partial charge >= 0.3 is 0 Å². The lowest BCUT2D eigenvalue weighted by Gasteiger charge is -2.35. The molecule has 0 bridgehead atoms. The summed E-state index contributed by atoms with van der Waals surface area (Å²) < 4.78 is 0. The Hall–Kier alpha value is -2.69. The summed E-state index contributed by atoms with van der Waals surface area (Å²) in [5, 5.41) is 14.4. The molecule has 1 amide bonds. The summed E-state index contributed by atoms with van der Waals surface area (Å²) in [6.07, 6.45) is 1.86. The molecule has 2 aromatic rings. The molecule has 23 heavy (non-hydrogen) atoms. The second kappa shape index (κ2) is 4.65. The first-order valence-electron chi connectivity index (χ1n) is 7.68. The van der Waals surface area contributed by atoms with Crippen molar-refractivity contribution in [3.05, 3.63) is 74.8 Å². The van der Waals surface area contributed by atoms with E-state index in [0.29, 0.717) is 11.1 Å². The van der Waals surface area contributed by atoms with E-state index < -0.39 is 0 Å². The van der Waals surface area contributed by atoms with Crippen molar-refractivity contribution in [3.63, 3.8) is 0 Å². The van der Waals surface area contributed by atoms with Crippen molar-refractivity contribution in [2.24, 2.45) is 0 Å². The fourth-order valence-electron chi connectivity index (χ4n) is 3.74. The zero-order valence-electron chi connectivity index (χ0n) is 12.7. The van der Waals surface area contributed by atoms with Crippen molar-refractivity contribution in [2.75, 3.05) is 0 Å². The van der Waals surface area contributed by atoms with E-state index in [-0.39, 0.29) is 28.0 Å². The summed E-state index contributed by atoms with van der Waals surface area (Å²) in [5.74, 6) is -0.149. The Balaban J connectivity index is 1.90. The molecule has 1 saturated carbocycles. The van der Waals surface area contributed by atoms with E-state index in [9.17, 15) is 14.9 Å². The van der Waals surface area contributed by atoms with Crippen LogP contribution in [0.25, 0.3) is 0 Å². The Morgan fingerprint density at radius 1 is 1.22 bits per heavy atom. The van der Waals surface area contributed by atoms with E-state index in [1.807, 2.05) is 30.3 Å². The molecule has 1 N–H and O–H groups in total. The lowest BCUT2D eigenvalue weighted by molar-refractivity contribution is -0.385. The molecule has 0 saturated heterocycles.